The van der Waals surface area contributed by atoms with Gasteiger partial charge in [0.25, 0.3) is 0 Å². The van der Waals surface area contributed by atoms with E-state index < -0.39 is 16.9 Å². The predicted octanol–water partition coefficient (Wildman–Crippen LogP) is 5.10. The minimum absolute atomic E-state index is 0.253. The number of aryl methyl sites for hydroxylation is 1. The Balaban J connectivity index is 1.46. The first-order valence-corrected chi connectivity index (χ1v) is 11.0. The number of rotatable bonds is 6. The number of anilines is 1. The number of thiazole rings is 1. The first-order valence-electron chi connectivity index (χ1n) is 9.28. The Hall–Kier alpha value is -3.11. The molecule has 2 heterocycles. The Morgan fingerprint density at radius 3 is 2.65 bits per heavy atom. The van der Waals surface area contributed by atoms with Crippen LogP contribution in [0.25, 0.3) is 16.9 Å². The topological polar surface area (TPSA) is 72.7 Å². The number of nitrogens with zero attached hydrogens (tertiary/aromatic N) is 4. The summed E-state index contributed by atoms with van der Waals surface area (Å²) in [6.45, 7) is 3.62. The van der Waals surface area contributed by atoms with Crippen LogP contribution in [0.4, 0.5) is 13.9 Å². The number of para-hydroxylation sites is 1. The second-order valence-electron chi connectivity index (χ2n) is 6.62. The largest absolute Gasteiger partial charge is 0.301 e. The first-order chi connectivity index (χ1) is 14.9. The summed E-state index contributed by atoms with van der Waals surface area (Å²) in [5.74, 6) is -1.40. The van der Waals surface area contributed by atoms with Crippen LogP contribution in [0.1, 0.15) is 12.7 Å². The number of halogens is 2. The van der Waals surface area contributed by atoms with Crippen LogP contribution in [0, 0.1) is 18.6 Å². The van der Waals surface area contributed by atoms with Crippen LogP contribution in [0.15, 0.2) is 59.1 Å². The molecule has 0 radical (unpaired) electrons. The molecule has 1 amide bonds. The van der Waals surface area contributed by atoms with Crippen LogP contribution < -0.4 is 5.32 Å². The normalized spacial score (nSPS) is 12.0. The summed E-state index contributed by atoms with van der Waals surface area (Å²) in [5.41, 5.74) is 1.81. The van der Waals surface area contributed by atoms with E-state index in [9.17, 15) is 13.6 Å². The zero-order chi connectivity index (χ0) is 22.0. The Morgan fingerprint density at radius 2 is 1.90 bits per heavy atom. The Morgan fingerprint density at radius 1 is 1.13 bits per heavy atom. The molecule has 1 atom stereocenters. The molecule has 0 saturated heterocycles. The molecule has 4 rings (SSSR count). The van der Waals surface area contributed by atoms with Crippen molar-refractivity contribution < 1.29 is 13.6 Å². The summed E-state index contributed by atoms with van der Waals surface area (Å²) in [6, 6.07) is 13.2. The SMILES string of the molecule is Cc1nnc(SC(C)C(=O)Nc2nc(-c3ccc(F)c(F)c3)cs2)n1-c1ccccc1. The van der Waals surface area contributed by atoms with E-state index in [2.05, 4.69) is 20.5 Å². The highest BCUT2D eigenvalue weighted by molar-refractivity contribution is 8.00. The lowest BCUT2D eigenvalue weighted by Crippen LogP contribution is -2.22. The third-order valence-electron chi connectivity index (χ3n) is 4.41. The lowest BCUT2D eigenvalue weighted by atomic mass is 10.2. The number of nitrogens with one attached hydrogen (secondary N) is 1. The van der Waals surface area contributed by atoms with Gasteiger partial charge in [0.05, 0.1) is 10.9 Å². The average molecular weight is 458 g/mol. The highest BCUT2D eigenvalue weighted by Crippen LogP contribution is 2.29. The van der Waals surface area contributed by atoms with Gasteiger partial charge in [-0.1, -0.05) is 30.0 Å². The molecule has 0 bridgehead atoms. The molecule has 1 N–H and O–H groups in total. The van der Waals surface area contributed by atoms with Crippen molar-refractivity contribution in [2.45, 2.75) is 24.3 Å². The molecule has 158 valence electrons. The van der Waals surface area contributed by atoms with Crippen molar-refractivity contribution in [1.82, 2.24) is 19.7 Å². The van der Waals surface area contributed by atoms with Crippen LogP contribution >= 0.6 is 23.1 Å². The zero-order valence-electron chi connectivity index (χ0n) is 16.5. The van der Waals surface area contributed by atoms with Crippen molar-refractivity contribution in [1.29, 1.82) is 0 Å². The fourth-order valence-electron chi connectivity index (χ4n) is 2.83. The van der Waals surface area contributed by atoms with E-state index >= 15 is 0 Å². The summed E-state index contributed by atoms with van der Waals surface area (Å²) >= 11 is 2.49. The minimum atomic E-state index is -0.945. The lowest BCUT2D eigenvalue weighted by molar-refractivity contribution is -0.115. The number of aromatic nitrogens is 4. The first kappa shape index (κ1) is 21.1. The maximum absolute atomic E-state index is 13.5. The molecule has 0 spiro atoms. The second kappa shape index (κ2) is 8.94. The third-order valence-corrected chi connectivity index (χ3v) is 6.21. The monoisotopic (exact) mass is 457 g/mol. The van der Waals surface area contributed by atoms with Crippen LogP contribution in [0.2, 0.25) is 0 Å². The van der Waals surface area contributed by atoms with E-state index in [-0.39, 0.29) is 5.91 Å². The fraction of sp³-hybridized carbons (Fsp3) is 0.143. The van der Waals surface area contributed by atoms with Crippen LogP contribution in [0.3, 0.4) is 0 Å². The average Bonchev–Trinajstić information content (AvgIpc) is 3.37. The van der Waals surface area contributed by atoms with Crippen molar-refractivity contribution in [2.75, 3.05) is 5.32 Å². The molecule has 1 unspecified atom stereocenters. The molecule has 0 fully saturated rings. The number of carbonyl (C=O) groups is 1. The third kappa shape index (κ3) is 4.64. The lowest BCUT2D eigenvalue weighted by Gasteiger charge is -2.12. The highest BCUT2D eigenvalue weighted by Gasteiger charge is 2.21. The Bertz CT molecular complexity index is 1230. The Labute approximate surface area is 185 Å². The van der Waals surface area contributed by atoms with E-state index in [4.69, 9.17) is 0 Å². The van der Waals surface area contributed by atoms with Gasteiger partial charge in [-0.15, -0.1) is 21.5 Å². The van der Waals surface area contributed by atoms with Crippen LogP contribution in [-0.2, 0) is 4.79 Å². The number of hydrogen-bond donors (Lipinski definition) is 1. The fourth-order valence-corrected chi connectivity index (χ4v) is 4.47. The van der Waals surface area contributed by atoms with Crippen LogP contribution in [0.5, 0.6) is 0 Å². The highest BCUT2D eigenvalue weighted by atomic mass is 32.2. The number of hydrogen-bond acceptors (Lipinski definition) is 6. The van der Waals surface area contributed by atoms with Crippen molar-refractivity contribution in [3.63, 3.8) is 0 Å². The van der Waals surface area contributed by atoms with E-state index in [0.29, 0.717) is 21.5 Å². The second-order valence-corrected chi connectivity index (χ2v) is 8.78. The molecule has 0 aliphatic carbocycles. The van der Waals surface area contributed by atoms with Gasteiger partial charge >= 0.3 is 0 Å². The predicted molar refractivity (Wildman–Crippen MR) is 118 cm³/mol. The van der Waals surface area contributed by atoms with Crippen molar-refractivity contribution in [3.8, 4) is 16.9 Å². The molecule has 0 aliphatic heterocycles. The number of amides is 1. The zero-order valence-corrected chi connectivity index (χ0v) is 18.2. The maximum Gasteiger partial charge on any atom is 0.239 e. The molecular weight excluding hydrogens is 440 g/mol. The van der Waals surface area contributed by atoms with E-state index in [1.165, 1.54) is 29.2 Å². The summed E-state index contributed by atoms with van der Waals surface area (Å²) < 4.78 is 28.5. The summed E-state index contributed by atoms with van der Waals surface area (Å²) in [6.07, 6.45) is 0. The minimum Gasteiger partial charge on any atom is -0.301 e. The molecule has 0 saturated carbocycles. The van der Waals surface area contributed by atoms with Gasteiger partial charge in [0, 0.05) is 16.6 Å². The van der Waals surface area contributed by atoms with Gasteiger partial charge in [-0.05, 0) is 44.2 Å². The number of carbonyl (C=O) groups excluding carboxylic acids is 1. The van der Waals surface area contributed by atoms with Gasteiger partial charge in [0.15, 0.2) is 21.9 Å². The van der Waals surface area contributed by atoms with Gasteiger partial charge in [0.1, 0.15) is 5.82 Å². The maximum atomic E-state index is 13.5. The molecular formula is C21H17F2N5OS2. The van der Waals surface area contributed by atoms with E-state index in [1.807, 2.05) is 41.8 Å². The summed E-state index contributed by atoms with van der Waals surface area (Å²) in [5, 5.41) is 13.3. The summed E-state index contributed by atoms with van der Waals surface area (Å²) in [4.78, 5) is 17.0. The molecule has 6 nitrogen and oxygen atoms in total. The smallest absolute Gasteiger partial charge is 0.239 e. The van der Waals surface area contributed by atoms with E-state index in [1.54, 1.807) is 12.3 Å². The molecule has 2 aromatic carbocycles. The van der Waals surface area contributed by atoms with Gasteiger partial charge in [-0.2, -0.15) is 0 Å². The summed E-state index contributed by atoms with van der Waals surface area (Å²) in [7, 11) is 0. The number of thioether (sulfide) groups is 1. The molecule has 0 aliphatic rings. The molecule has 2 aromatic heterocycles. The van der Waals surface area contributed by atoms with E-state index in [0.717, 1.165) is 23.6 Å². The molecule has 4 aromatic rings. The Kier molecular flexibility index (Phi) is 6.10. The molecule has 10 heteroatoms. The van der Waals surface area contributed by atoms with Gasteiger partial charge in [0.2, 0.25) is 5.91 Å². The molecule has 31 heavy (non-hydrogen) atoms. The van der Waals surface area contributed by atoms with Crippen LogP contribution in [-0.4, -0.2) is 30.9 Å². The quantitative estimate of drug-likeness (QED) is 0.408. The van der Waals surface area contributed by atoms with Gasteiger partial charge < -0.3 is 5.32 Å². The van der Waals surface area contributed by atoms with Gasteiger partial charge in [-0.25, -0.2) is 13.8 Å². The standard InChI is InChI=1S/C21H17F2N5OS2/c1-12(31-21-27-26-13(2)28(21)15-6-4-3-5-7-15)19(29)25-20-24-18(11-30-20)14-8-9-16(22)17(23)10-14/h3-12H,1-2H3,(H,24,25,29). The van der Waals surface area contributed by atoms with Gasteiger partial charge in [-0.3, -0.25) is 9.36 Å². The number of benzene rings is 2. The van der Waals surface area contributed by atoms with Crippen molar-refractivity contribution in [3.05, 3.63) is 71.4 Å². The van der Waals surface area contributed by atoms with Crippen molar-refractivity contribution >= 4 is 34.1 Å². The van der Waals surface area contributed by atoms with Crippen molar-refractivity contribution in [2.24, 2.45) is 0 Å².